The number of pyridine rings is 3. The van der Waals surface area contributed by atoms with E-state index in [4.69, 9.17) is 4.98 Å². The minimum atomic E-state index is -0.169. The van der Waals surface area contributed by atoms with Crippen LogP contribution in [0.2, 0.25) is 0 Å². The summed E-state index contributed by atoms with van der Waals surface area (Å²) in [6, 6.07) is 21.6. The molecule has 7 rings (SSSR count). The van der Waals surface area contributed by atoms with Gasteiger partial charge in [-0.3, -0.25) is 14.6 Å². The van der Waals surface area contributed by atoms with Crippen molar-refractivity contribution >= 4 is 39.9 Å². The first-order valence-corrected chi connectivity index (χ1v) is 13.5. The predicted octanol–water partition coefficient (Wildman–Crippen LogP) is 5.52. The van der Waals surface area contributed by atoms with Gasteiger partial charge in [-0.1, -0.05) is 18.2 Å². The van der Waals surface area contributed by atoms with Gasteiger partial charge >= 0.3 is 0 Å². The summed E-state index contributed by atoms with van der Waals surface area (Å²) in [5.41, 5.74) is 5.48. The number of benzene rings is 1. The topological polar surface area (TPSA) is 88.1 Å². The van der Waals surface area contributed by atoms with Crippen molar-refractivity contribution in [3.05, 3.63) is 95.3 Å². The number of rotatable bonds is 4. The second-order valence-electron chi connectivity index (χ2n) is 9.61. The van der Waals surface area contributed by atoms with Crippen LogP contribution >= 0.6 is 11.3 Å². The summed E-state index contributed by atoms with van der Waals surface area (Å²) in [6.07, 6.45) is 6.22. The standard InChI is InChI=1S/C30H23N5O2S/c36-29(32-21-7-8-21)26-17-20-13-16-35(25-4-2-1-3-22(25)27(20)38-26)30(37)24-10-6-19-5-9-23(33-28(19)34-24)18-11-14-31-15-12-18/h1-6,9-12,14-15,17,21H,7-8,13,16H2,(H,32,36). The molecule has 2 amide bonds. The van der Waals surface area contributed by atoms with Gasteiger partial charge in [-0.15, -0.1) is 11.3 Å². The van der Waals surface area contributed by atoms with E-state index in [-0.39, 0.29) is 11.8 Å². The van der Waals surface area contributed by atoms with Crippen LogP contribution in [0.25, 0.3) is 32.7 Å². The van der Waals surface area contributed by atoms with Gasteiger partial charge in [0.1, 0.15) is 5.69 Å². The lowest BCUT2D eigenvalue weighted by Gasteiger charge is -2.22. The summed E-state index contributed by atoms with van der Waals surface area (Å²) in [7, 11) is 0. The molecule has 8 heteroatoms. The van der Waals surface area contributed by atoms with E-state index < -0.39 is 0 Å². The van der Waals surface area contributed by atoms with E-state index in [0.29, 0.717) is 30.3 Å². The molecule has 0 spiro atoms. The Morgan fingerprint density at radius 1 is 0.947 bits per heavy atom. The van der Waals surface area contributed by atoms with Crippen molar-refractivity contribution < 1.29 is 9.59 Å². The molecule has 1 N–H and O–H groups in total. The van der Waals surface area contributed by atoms with Gasteiger partial charge in [0.05, 0.1) is 16.3 Å². The van der Waals surface area contributed by atoms with Crippen LogP contribution in [0, 0.1) is 0 Å². The fourth-order valence-electron chi connectivity index (χ4n) is 4.84. The van der Waals surface area contributed by atoms with Gasteiger partial charge in [-0.2, -0.15) is 0 Å². The number of aromatic nitrogens is 3. The Kier molecular flexibility index (Phi) is 5.47. The quantitative estimate of drug-likeness (QED) is 0.339. The summed E-state index contributed by atoms with van der Waals surface area (Å²) in [4.78, 5) is 43.6. The Bertz CT molecular complexity index is 1710. The average Bonchev–Trinajstić information content (AvgIpc) is 3.71. The van der Waals surface area contributed by atoms with Crippen LogP contribution in [-0.4, -0.2) is 39.4 Å². The first-order chi connectivity index (χ1) is 18.6. The van der Waals surface area contributed by atoms with Gasteiger partial charge in [0, 0.05) is 46.4 Å². The third-order valence-corrected chi connectivity index (χ3v) is 8.19. The van der Waals surface area contributed by atoms with Crippen LogP contribution in [0.1, 0.15) is 38.6 Å². The van der Waals surface area contributed by atoms with Gasteiger partial charge in [-0.25, -0.2) is 9.97 Å². The van der Waals surface area contributed by atoms with Gasteiger partial charge < -0.3 is 10.2 Å². The molecule has 1 saturated carbocycles. The van der Waals surface area contributed by atoms with Crippen LogP contribution in [-0.2, 0) is 6.42 Å². The van der Waals surface area contributed by atoms with Gasteiger partial charge in [0.15, 0.2) is 5.65 Å². The maximum absolute atomic E-state index is 13.9. The van der Waals surface area contributed by atoms with E-state index in [1.54, 1.807) is 23.4 Å². The maximum atomic E-state index is 13.9. The number of carbonyl (C=O) groups is 2. The normalized spacial score (nSPS) is 14.5. The van der Waals surface area contributed by atoms with Crippen LogP contribution in [0.15, 0.2) is 79.1 Å². The van der Waals surface area contributed by atoms with E-state index in [1.807, 2.05) is 60.7 Å². The first kappa shape index (κ1) is 22.7. The third-order valence-electron chi connectivity index (χ3n) is 6.98. The number of hydrogen-bond acceptors (Lipinski definition) is 6. The Morgan fingerprint density at radius 3 is 2.61 bits per heavy atom. The molecule has 0 saturated heterocycles. The molecule has 1 aliphatic heterocycles. The highest BCUT2D eigenvalue weighted by Crippen LogP contribution is 2.42. The number of amides is 2. The highest BCUT2D eigenvalue weighted by Gasteiger charge is 2.29. The molecule has 5 heterocycles. The molecular formula is C30H23N5O2S. The minimum Gasteiger partial charge on any atom is -0.349 e. The molecular weight excluding hydrogens is 494 g/mol. The highest BCUT2D eigenvalue weighted by atomic mass is 32.1. The molecule has 7 nitrogen and oxygen atoms in total. The molecule has 5 aromatic rings. The zero-order valence-electron chi connectivity index (χ0n) is 20.4. The fourth-order valence-corrected chi connectivity index (χ4v) is 5.99. The van der Waals surface area contributed by atoms with Crippen molar-refractivity contribution in [2.24, 2.45) is 0 Å². The smallest absolute Gasteiger partial charge is 0.276 e. The lowest BCUT2D eigenvalue weighted by atomic mass is 10.1. The van der Waals surface area contributed by atoms with E-state index in [9.17, 15) is 9.59 Å². The summed E-state index contributed by atoms with van der Waals surface area (Å²) in [6.45, 7) is 0.494. The molecule has 186 valence electrons. The number of anilines is 1. The average molecular weight is 518 g/mol. The van der Waals surface area contributed by atoms with Crippen LogP contribution in [0.5, 0.6) is 0 Å². The minimum absolute atomic E-state index is 0.00464. The van der Waals surface area contributed by atoms with Crippen molar-refractivity contribution in [1.29, 1.82) is 0 Å². The number of hydrogen-bond donors (Lipinski definition) is 1. The molecule has 1 fully saturated rings. The van der Waals surface area contributed by atoms with Gasteiger partial charge in [0.2, 0.25) is 0 Å². The van der Waals surface area contributed by atoms with Crippen molar-refractivity contribution in [1.82, 2.24) is 20.3 Å². The monoisotopic (exact) mass is 517 g/mol. The fraction of sp³-hybridized carbons (Fsp3) is 0.167. The Balaban J connectivity index is 1.23. The number of nitrogens with zero attached hydrogens (tertiary/aromatic N) is 4. The van der Waals surface area contributed by atoms with Gasteiger partial charge in [-0.05, 0) is 73.4 Å². The second kappa shape index (κ2) is 9.15. The largest absolute Gasteiger partial charge is 0.349 e. The molecule has 4 aromatic heterocycles. The number of carbonyl (C=O) groups excluding carboxylic acids is 2. The first-order valence-electron chi connectivity index (χ1n) is 12.7. The number of thiophene rings is 1. The Labute approximate surface area is 223 Å². The lowest BCUT2D eigenvalue weighted by molar-refractivity contribution is 0.0952. The molecule has 0 radical (unpaired) electrons. The summed E-state index contributed by atoms with van der Waals surface area (Å²) < 4.78 is 0. The van der Waals surface area contributed by atoms with Crippen molar-refractivity contribution in [2.45, 2.75) is 25.3 Å². The van der Waals surface area contributed by atoms with E-state index >= 15 is 0 Å². The van der Waals surface area contributed by atoms with Gasteiger partial charge in [0.25, 0.3) is 11.8 Å². The summed E-state index contributed by atoms with van der Waals surface area (Å²) in [5.74, 6) is -0.174. The molecule has 1 aliphatic carbocycles. The molecule has 2 aliphatic rings. The van der Waals surface area contributed by atoms with Crippen molar-refractivity contribution in [3.8, 4) is 21.7 Å². The van der Waals surface area contributed by atoms with Crippen molar-refractivity contribution in [2.75, 3.05) is 11.4 Å². The van der Waals surface area contributed by atoms with Crippen molar-refractivity contribution in [3.63, 3.8) is 0 Å². The Morgan fingerprint density at radius 2 is 1.76 bits per heavy atom. The number of para-hydroxylation sites is 1. The van der Waals surface area contributed by atoms with Crippen LogP contribution < -0.4 is 10.2 Å². The third kappa shape index (κ3) is 4.13. The highest BCUT2D eigenvalue weighted by molar-refractivity contribution is 7.17. The van der Waals surface area contributed by atoms with E-state index in [0.717, 1.165) is 56.1 Å². The molecule has 0 atom stereocenters. The molecule has 0 unspecified atom stereocenters. The maximum Gasteiger partial charge on any atom is 0.276 e. The second-order valence-corrected chi connectivity index (χ2v) is 10.7. The van der Waals surface area contributed by atoms with Crippen LogP contribution in [0.3, 0.4) is 0 Å². The van der Waals surface area contributed by atoms with E-state index in [1.165, 1.54) is 11.3 Å². The van der Waals surface area contributed by atoms with E-state index in [2.05, 4.69) is 15.3 Å². The number of fused-ring (bicyclic) bond motifs is 4. The lowest BCUT2D eigenvalue weighted by Crippen LogP contribution is -2.33. The zero-order valence-corrected chi connectivity index (χ0v) is 21.2. The SMILES string of the molecule is O=C(NC1CC1)c1cc2c(s1)-c1ccccc1N(C(=O)c1ccc3ccc(-c4ccncc4)nc3n1)CC2. The molecule has 0 bridgehead atoms. The Hall–Kier alpha value is -4.43. The zero-order chi connectivity index (χ0) is 25.6. The molecule has 38 heavy (non-hydrogen) atoms. The molecule has 1 aromatic carbocycles. The predicted molar refractivity (Wildman–Crippen MR) is 148 cm³/mol. The van der Waals surface area contributed by atoms with Crippen LogP contribution in [0.4, 0.5) is 5.69 Å². The number of nitrogens with one attached hydrogen (secondary N) is 1. The summed E-state index contributed by atoms with van der Waals surface area (Å²) in [5, 5.41) is 3.96. The summed E-state index contributed by atoms with van der Waals surface area (Å²) >= 11 is 1.50.